The number of aliphatic hydroxyl groups excluding tert-OH is 2. The summed E-state index contributed by atoms with van der Waals surface area (Å²) >= 11 is 0. The van der Waals surface area contributed by atoms with Crippen LogP contribution in [0.15, 0.2) is 30.3 Å². The van der Waals surface area contributed by atoms with Crippen LogP contribution >= 0.6 is 0 Å². The topological polar surface area (TPSA) is 93.1 Å². The molecule has 6 heteroatoms. The van der Waals surface area contributed by atoms with E-state index in [-0.39, 0.29) is 18.4 Å². The highest BCUT2D eigenvalue weighted by molar-refractivity contribution is 5.89. The Bertz CT molecular complexity index is 389. The zero-order valence-corrected chi connectivity index (χ0v) is 9.61. The molecule has 98 valence electrons. The van der Waals surface area contributed by atoms with Crippen molar-refractivity contribution in [2.45, 2.75) is 18.9 Å². The standard InChI is InChI=1S/C12H14O6/c13-8-10(14)6-7-11(15)17-18-12(16)9-4-2-1-3-5-9/h1-5,10,13-14H,6-8H2. The van der Waals surface area contributed by atoms with Crippen molar-refractivity contribution in [3.8, 4) is 0 Å². The molecule has 1 aromatic rings. The van der Waals surface area contributed by atoms with E-state index in [0.29, 0.717) is 0 Å². The monoisotopic (exact) mass is 254 g/mol. The molecule has 2 N–H and O–H groups in total. The van der Waals surface area contributed by atoms with Gasteiger partial charge in [-0.15, -0.1) is 0 Å². The Morgan fingerprint density at radius 3 is 2.44 bits per heavy atom. The van der Waals surface area contributed by atoms with Crippen LogP contribution in [-0.4, -0.2) is 34.9 Å². The third kappa shape index (κ3) is 4.94. The normalized spacial score (nSPS) is 11.7. The van der Waals surface area contributed by atoms with Crippen molar-refractivity contribution in [1.29, 1.82) is 0 Å². The van der Waals surface area contributed by atoms with Crippen molar-refractivity contribution in [2.75, 3.05) is 6.61 Å². The fourth-order valence-electron chi connectivity index (χ4n) is 1.12. The summed E-state index contributed by atoms with van der Waals surface area (Å²) in [7, 11) is 0. The molecule has 1 rings (SSSR count). The molecule has 1 atom stereocenters. The van der Waals surface area contributed by atoms with E-state index >= 15 is 0 Å². The van der Waals surface area contributed by atoms with Crippen LogP contribution < -0.4 is 0 Å². The molecule has 6 nitrogen and oxygen atoms in total. The van der Waals surface area contributed by atoms with Crippen LogP contribution in [0.1, 0.15) is 23.2 Å². The van der Waals surface area contributed by atoms with Crippen molar-refractivity contribution in [2.24, 2.45) is 0 Å². The Morgan fingerprint density at radius 2 is 1.83 bits per heavy atom. The summed E-state index contributed by atoms with van der Waals surface area (Å²) in [5, 5.41) is 17.5. The number of carbonyl (C=O) groups excluding carboxylic acids is 2. The molecule has 0 aliphatic heterocycles. The average molecular weight is 254 g/mol. The molecular weight excluding hydrogens is 240 g/mol. The summed E-state index contributed by atoms with van der Waals surface area (Å²) in [6, 6.07) is 8.07. The maximum atomic E-state index is 11.4. The molecule has 1 unspecified atom stereocenters. The van der Waals surface area contributed by atoms with Crippen LogP contribution in [0.3, 0.4) is 0 Å². The first-order valence-corrected chi connectivity index (χ1v) is 5.39. The molecule has 0 aliphatic carbocycles. The molecule has 0 aliphatic rings. The Labute approximate surface area is 104 Å². The van der Waals surface area contributed by atoms with Crippen molar-refractivity contribution >= 4 is 11.9 Å². The lowest BCUT2D eigenvalue weighted by Gasteiger charge is -2.06. The minimum atomic E-state index is -0.984. The molecule has 0 saturated carbocycles. The second-order valence-electron chi connectivity index (χ2n) is 3.57. The van der Waals surface area contributed by atoms with Gasteiger partial charge in [0, 0.05) is 0 Å². The first-order chi connectivity index (χ1) is 8.63. The molecule has 0 amide bonds. The summed E-state index contributed by atoms with van der Waals surface area (Å²) in [5.74, 6) is -1.56. The van der Waals surface area contributed by atoms with E-state index in [1.165, 1.54) is 12.1 Å². The number of hydrogen-bond donors (Lipinski definition) is 2. The molecule has 18 heavy (non-hydrogen) atoms. The van der Waals surface area contributed by atoms with E-state index in [0.717, 1.165) is 0 Å². The fraction of sp³-hybridized carbons (Fsp3) is 0.333. The van der Waals surface area contributed by atoms with Gasteiger partial charge in [-0.2, -0.15) is 0 Å². The lowest BCUT2D eigenvalue weighted by molar-refractivity contribution is -0.234. The van der Waals surface area contributed by atoms with Gasteiger partial charge < -0.3 is 10.2 Å². The second-order valence-corrected chi connectivity index (χ2v) is 3.57. The van der Waals surface area contributed by atoms with E-state index in [2.05, 4.69) is 9.78 Å². The highest BCUT2D eigenvalue weighted by Gasteiger charge is 2.13. The van der Waals surface area contributed by atoms with Crippen LogP contribution in [0, 0.1) is 0 Å². The van der Waals surface area contributed by atoms with E-state index in [1.54, 1.807) is 18.2 Å². The number of rotatable bonds is 5. The molecule has 0 aromatic heterocycles. The second kappa shape index (κ2) is 7.41. The summed E-state index contributed by atoms with van der Waals surface area (Å²) < 4.78 is 0. The van der Waals surface area contributed by atoms with Crippen molar-refractivity contribution in [3.05, 3.63) is 35.9 Å². The molecule has 0 saturated heterocycles. The van der Waals surface area contributed by atoms with Gasteiger partial charge in [-0.05, 0) is 18.6 Å². The number of carbonyl (C=O) groups is 2. The van der Waals surface area contributed by atoms with Crippen molar-refractivity contribution < 1.29 is 29.6 Å². The van der Waals surface area contributed by atoms with E-state index < -0.39 is 24.6 Å². The smallest absolute Gasteiger partial charge is 0.386 e. The average Bonchev–Trinajstić information content (AvgIpc) is 2.42. The highest BCUT2D eigenvalue weighted by Crippen LogP contribution is 2.03. The van der Waals surface area contributed by atoms with Gasteiger partial charge in [0.25, 0.3) is 0 Å². The van der Waals surface area contributed by atoms with Gasteiger partial charge >= 0.3 is 11.9 Å². The Kier molecular flexibility index (Phi) is 5.83. The predicted molar refractivity (Wildman–Crippen MR) is 60.3 cm³/mol. The lowest BCUT2D eigenvalue weighted by Crippen LogP contribution is -2.16. The third-order valence-corrected chi connectivity index (χ3v) is 2.11. The summed E-state index contributed by atoms with van der Waals surface area (Å²) in [5.41, 5.74) is 0.265. The molecule has 0 heterocycles. The Hall–Kier alpha value is -1.92. The van der Waals surface area contributed by atoms with Gasteiger partial charge in [-0.25, -0.2) is 19.4 Å². The fourth-order valence-corrected chi connectivity index (χ4v) is 1.12. The molecule has 1 aromatic carbocycles. The maximum absolute atomic E-state index is 11.4. The van der Waals surface area contributed by atoms with Gasteiger partial charge in [0.05, 0.1) is 24.7 Å². The van der Waals surface area contributed by atoms with Gasteiger partial charge in [0.2, 0.25) is 0 Å². The largest absolute Gasteiger partial charge is 0.394 e. The van der Waals surface area contributed by atoms with Crippen LogP contribution in [0.5, 0.6) is 0 Å². The summed E-state index contributed by atoms with van der Waals surface area (Å²) in [6.07, 6.45) is -1.09. The Balaban J connectivity index is 2.28. The predicted octanol–water partition coefficient (Wildman–Crippen LogP) is 0.435. The molecule has 0 bridgehead atoms. The quantitative estimate of drug-likeness (QED) is 0.585. The molecule has 0 spiro atoms. The van der Waals surface area contributed by atoms with E-state index in [9.17, 15) is 9.59 Å². The van der Waals surface area contributed by atoms with Gasteiger partial charge in [0.15, 0.2) is 0 Å². The molecular formula is C12H14O6. The number of hydrogen-bond acceptors (Lipinski definition) is 6. The van der Waals surface area contributed by atoms with Crippen LogP contribution in [0.2, 0.25) is 0 Å². The lowest BCUT2D eigenvalue weighted by atomic mass is 10.2. The van der Waals surface area contributed by atoms with Crippen molar-refractivity contribution in [1.82, 2.24) is 0 Å². The van der Waals surface area contributed by atoms with Crippen LogP contribution in [-0.2, 0) is 14.6 Å². The zero-order chi connectivity index (χ0) is 13.4. The molecule has 0 radical (unpaired) electrons. The zero-order valence-electron chi connectivity index (χ0n) is 9.61. The number of benzene rings is 1. The van der Waals surface area contributed by atoms with Gasteiger partial charge in [-0.1, -0.05) is 18.2 Å². The maximum Gasteiger partial charge on any atom is 0.386 e. The number of aliphatic hydroxyl groups is 2. The Morgan fingerprint density at radius 1 is 1.17 bits per heavy atom. The van der Waals surface area contributed by atoms with Crippen molar-refractivity contribution in [3.63, 3.8) is 0 Å². The third-order valence-electron chi connectivity index (χ3n) is 2.11. The SMILES string of the molecule is O=C(CCC(O)CO)OOC(=O)c1ccccc1. The van der Waals surface area contributed by atoms with Gasteiger partial charge in [-0.3, -0.25) is 0 Å². The minimum absolute atomic E-state index is 0.0399. The first-order valence-electron chi connectivity index (χ1n) is 5.39. The summed E-state index contributed by atoms with van der Waals surface area (Å²) in [4.78, 5) is 31.1. The molecule has 0 fully saturated rings. The van der Waals surface area contributed by atoms with Crippen LogP contribution in [0.25, 0.3) is 0 Å². The van der Waals surface area contributed by atoms with E-state index in [4.69, 9.17) is 10.2 Å². The first kappa shape index (κ1) is 14.1. The van der Waals surface area contributed by atoms with Gasteiger partial charge in [0.1, 0.15) is 0 Å². The van der Waals surface area contributed by atoms with E-state index in [1.807, 2.05) is 0 Å². The summed E-state index contributed by atoms with van der Waals surface area (Å²) in [6.45, 7) is -0.433. The van der Waals surface area contributed by atoms with Crippen LogP contribution in [0.4, 0.5) is 0 Å². The minimum Gasteiger partial charge on any atom is -0.394 e. The highest BCUT2D eigenvalue weighted by atomic mass is 17.2.